The highest BCUT2D eigenvalue weighted by Crippen LogP contribution is 2.20. The van der Waals surface area contributed by atoms with Crippen LogP contribution in [0.5, 0.6) is 0 Å². The third kappa shape index (κ3) is 2.92. The highest BCUT2D eigenvalue weighted by atomic mass is 35.5. The van der Waals surface area contributed by atoms with Crippen LogP contribution in [0.25, 0.3) is 0 Å². The molecular weight excluding hydrogens is 267 g/mol. The van der Waals surface area contributed by atoms with E-state index in [-0.39, 0.29) is 17.1 Å². The minimum Gasteiger partial charge on any atom is -0.326 e. The molecule has 0 bridgehead atoms. The van der Waals surface area contributed by atoms with Crippen LogP contribution >= 0.6 is 11.6 Å². The van der Waals surface area contributed by atoms with Gasteiger partial charge in [-0.15, -0.1) is 0 Å². The maximum Gasteiger partial charge on any atom is 0.258 e. The lowest BCUT2D eigenvalue weighted by Crippen LogP contribution is -2.15. The smallest absolute Gasteiger partial charge is 0.258 e. The van der Waals surface area contributed by atoms with Crippen molar-refractivity contribution in [1.82, 2.24) is 0 Å². The van der Waals surface area contributed by atoms with Crippen molar-refractivity contribution in [2.45, 2.75) is 6.54 Å². The second-order valence-corrected chi connectivity index (χ2v) is 4.32. The maximum absolute atomic E-state index is 13.7. The summed E-state index contributed by atoms with van der Waals surface area (Å²) in [5, 5.41) is 2.54. The highest BCUT2D eigenvalue weighted by Gasteiger charge is 2.15. The van der Waals surface area contributed by atoms with Crippen molar-refractivity contribution in [2.75, 3.05) is 5.32 Å². The Morgan fingerprint density at radius 3 is 2.68 bits per heavy atom. The fourth-order valence-corrected chi connectivity index (χ4v) is 1.86. The highest BCUT2D eigenvalue weighted by molar-refractivity contribution is 6.31. The second-order valence-electron chi connectivity index (χ2n) is 3.92. The van der Waals surface area contributed by atoms with Crippen molar-refractivity contribution < 1.29 is 9.18 Å². The van der Waals surface area contributed by atoms with Gasteiger partial charge in [0.05, 0.1) is 10.6 Å². The predicted octanol–water partition coefficient (Wildman–Crippen LogP) is 3.19. The van der Waals surface area contributed by atoms with Crippen LogP contribution in [-0.2, 0) is 6.54 Å². The van der Waals surface area contributed by atoms with Gasteiger partial charge in [0.2, 0.25) is 0 Å². The minimum atomic E-state index is -0.730. The largest absolute Gasteiger partial charge is 0.326 e. The van der Waals surface area contributed by atoms with Gasteiger partial charge in [0.25, 0.3) is 5.91 Å². The molecule has 2 aromatic rings. The quantitative estimate of drug-likeness (QED) is 0.906. The molecule has 0 aromatic heterocycles. The Morgan fingerprint density at radius 2 is 1.95 bits per heavy atom. The Morgan fingerprint density at radius 1 is 1.21 bits per heavy atom. The molecule has 0 saturated carbocycles. The van der Waals surface area contributed by atoms with Crippen molar-refractivity contribution >= 4 is 23.2 Å². The number of nitrogens with one attached hydrogen (secondary N) is 1. The van der Waals surface area contributed by atoms with Gasteiger partial charge in [-0.05, 0) is 23.8 Å². The van der Waals surface area contributed by atoms with Gasteiger partial charge >= 0.3 is 0 Å². The summed E-state index contributed by atoms with van der Waals surface area (Å²) < 4.78 is 13.7. The molecule has 0 aliphatic carbocycles. The number of halogens is 2. The first-order chi connectivity index (χ1) is 9.13. The van der Waals surface area contributed by atoms with Crippen molar-refractivity contribution in [3.05, 3.63) is 64.4 Å². The lowest BCUT2D eigenvalue weighted by atomic mass is 10.1. The molecule has 98 valence electrons. The lowest BCUT2D eigenvalue weighted by Gasteiger charge is -2.10. The van der Waals surface area contributed by atoms with Crippen molar-refractivity contribution in [2.24, 2.45) is 5.73 Å². The van der Waals surface area contributed by atoms with E-state index in [0.29, 0.717) is 5.69 Å². The molecule has 5 heteroatoms. The van der Waals surface area contributed by atoms with Crippen LogP contribution < -0.4 is 11.1 Å². The third-order valence-corrected chi connectivity index (χ3v) is 2.97. The summed E-state index contributed by atoms with van der Waals surface area (Å²) in [6.07, 6.45) is 0. The SMILES string of the molecule is NCc1ccccc1NC(=O)c1cccc(Cl)c1F. The lowest BCUT2D eigenvalue weighted by molar-refractivity contribution is 0.102. The Balaban J connectivity index is 2.28. The maximum atomic E-state index is 13.7. The number of nitrogens with two attached hydrogens (primary N) is 1. The average Bonchev–Trinajstić information content (AvgIpc) is 2.42. The van der Waals surface area contributed by atoms with E-state index in [1.165, 1.54) is 18.2 Å². The molecule has 0 aliphatic rings. The number of carbonyl (C=O) groups excluding carboxylic acids is 1. The molecule has 0 heterocycles. The minimum absolute atomic E-state index is 0.0836. The van der Waals surface area contributed by atoms with Gasteiger partial charge in [-0.2, -0.15) is 0 Å². The van der Waals surface area contributed by atoms with Crippen LogP contribution in [0.4, 0.5) is 10.1 Å². The molecule has 0 atom stereocenters. The zero-order valence-electron chi connectivity index (χ0n) is 9.99. The van der Waals surface area contributed by atoms with E-state index in [1.807, 2.05) is 6.07 Å². The Labute approximate surface area is 115 Å². The summed E-state index contributed by atoms with van der Waals surface area (Å²) in [6, 6.07) is 11.4. The molecule has 2 rings (SSSR count). The van der Waals surface area contributed by atoms with Crippen LogP contribution in [0.2, 0.25) is 5.02 Å². The molecule has 0 fully saturated rings. The first kappa shape index (κ1) is 13.5. The summed E-state index contributed by atoms with van der Waals surface area (Å²) in [5.41, 5.74) is 6.82. The zero-order chi connectivity index (χ0) is 13.8. The predicted molar refractivity (Wildman–Crippen MR) is 73.7 cm³/mol. The third-order valence-electron chi connectivity index (χ3n) is 2.68. The van der Waals surface area contributed by atoms with E-state index < -0.39 is 11.7 Å². The normalized spacial score (nSPS) is 10.3. The van der Waals surface area contributed by atoms with Crippen LogP contribution in [-0.4, -0.2) is 5.91 Å². The van der Waals surface area contributed by atoms with Gasteiger partial charge in [0.15, 0.2) is 5.82 Å². The summed E-state index contributed by atoms with van der Waals surface area (Å²) >= 11 is 5.64. The summed E-state index contributed by atoms with van der Waals surface area (Å²) in [4.78, 5) is 12.0. The Kier molecular flexibility index (Phi) is 4.14. The first-order valence-corrected chi connectivity index (χ1v) is 6.04. The molecule has 0 spiro atoms. The number of rotatable bonds is 3. The van der Waals surface area contributed by atoms with Gasteiger partial charge < -0.3 is 11.1 Å². The molecular formula is C14H12ClFN2O. The number of hydrogen-bond acceptors (Lipinski definition) is 2. The summed E-state index contributed by atoms with van der Waals surface area (Å²) in [6.45, 7) is 0.286. The molecule has 0 saturated heterocycles. The van der Waals surface area contributed by atoms with Crippen LogP contribution in [0, 0.1) is 5.82 Å². The summed E-state index contributed by atoms with van der Waals surface area (Å²) in [7, 11) is 0. The number of benzene rings is 2. The fourth-order valence-electron chi connectivity index (χ4n) is 1.69. The monoisotopic (exact) mass is 278 g/mol. The molecule has 2 aromatic carbocycles. The van der Waals surface area contributed by atoms with Gasteiger partial charge in [-0.25, -0.2) is 4.39 Å². The van der Waals surface area contributed by atoms with E-state index in [9.17, 15) is 9.18 Å². The van der Waals surface area contributed by atoms with Crippen LogP contribution in [0.3, 0.4) is 0 Å². The number of carbonyl (C=O) groups is 1. The fraction of sp³-hybridized carbons (Fsp3) is 0.0714. The molecule has 0 aliphatic heterocycles. The Hall–Kier alpha value is -1.91. The first-order valence-electron chi connectivity index (χ1n) is 5.67. The van der Waals surface area contributed by atoms with Crippen LogP contribution in [0.1, 0.15) is 15.9 Å². The van der Waals surface area contributed by atoms with E-state index in [0.717, 1.165) is 5.56 Å². The number of hydrogen-bond donors (Lipinski definition) is 2. The van der Waals surface area contributed by atoms with Gasteiger partial charge in [-0.1, -0.05) is 35.9 Å². The Bertz CT molecular complexity index is 616. The van der Waals surface area contributed by atoms with E-state index in [4.69, 9.17) is 17.3 Å². The average molecular weight is 279 g/mol. The van der Waals surface area contributed by atoms with E-state index in [1.54, 1.807) is 18.2 Å². The second kappa shape index (κ2) is 5.82. The topological polar surface area (TPSA) is 55.1 Å². The van der Waals surface area contributed by atoms with Crippen molar-refractivity contribution in [3.8, 4) is 0 Å². The van der Waals surface area contributed by atoms with Crippen molar-refractivity contribution in [1.29, 1.82) is 0 Å². The molecule has 19 heavy (non-hydrogen) atoms. The van der Waals surface area contributed by atoms with E-state index >= 15 is 0 Å². The van der Waals surface area contributed by atoms with E-state index in [2.05, 4.69) is 5.32 Å². The molecule has 0 radical (unpaired) electrons. The van der Waals surface area contributed by atoms with Gasteiger partial charge in [0, 0.05) is 12.2 Å². The molecule has 0 unspecified atom stereocenters. The summed E-state index contributed by atoms with van der Waals surface area (Å²) in [5.74, 6) is -1.28. The van der Waals surface area contributed by atoms with Crippen LogP contribution in [0.15, 0.2) is 42.5 Å². The molecule has 1 amide bonds. The van der Waals surface area contributed by atoms with Gasteiger partial charge in [-0.3, -0.25) is 4.79 Å². The zero-order valence-corrected chi connectivity index (χ0v) is 10.7. The number of amides is 1. The molecule has 3 N–H and O–H groups in total. The van der Waals surface area contributed by atoms with Gasteiger partial charge in [0.1, 0.15) is 0 Å². The molecule has 3 nitrogen and oxygen atoms in total. The standard InChI is InChI=1S/C14H12ClFN2O/c15-11-6-3-5-10(13(11)16)14(19)18-12-7-2-1-4-9(12)8-17/h1-7H,8,17H2,(H,18,19). The van der Waals surface area contributed by atoms with Crippen molar-refractivity contribution in [3.63, 3.8) is 0 Å². The number of para-hydroxylation sites is 1. The number of anilines is 1.